The highest BCUT2D eigenvalue weighted by atomic mass is 16.3. The average Bonchev–Trinajstić information content (AvgIpc) is 3.02. The Bertz CT molecular complexity index is 383. The van der Waals surface area contributed by atoms with Crippen molar-refractivity contribution in [2.24, 2.45) is 5.92 Å². The molecule has 1 saturated carbocycles. The van der Waals surface area contributed by atoms with Gasteiger partial charge in [-0.05, 0) is 44.4 Å². The quantitative estimate of drug-likeness (QED) is 0.815. The minimum Gasteiger partial charge on any atom is -0.464 e. The van der Waals surface area contributed by atoms with E-state index in [-0.39, 0.29) is 5.91 Å². The van der Waals surface area contributed by atoms with Crippen LogP contribution in [-0.4, -0.2) is 30.9 Å². The standard InChI is InChI=1S/C13H20N2O2/c1-10-3-6-12(17-10)9-15(2)13(16)8-14-7-11-4-5-11/h3,6,11,14H,4-5,7-9H2,1-2H3. The number of carbonyl (C=O) groups excluding carboxylic acids is 1. The van der Waals surface area contributed by atoms with Crippen molar-refractivity contribution in [2.45, 2.75) is 26.3 Å². The Morgan fingerprint density at radius 2 is 2.29 bits per heavy atom. The highest BCUT2D eigenvalue weighted by Crippen LogP contribution is 2.27. The van der Waals surface area contributed by atoms with Crippen LogP contribution in [0, 0.1) is 12.8 Å². The number of furan rings is 1. The van der Waals surface area contributed by atoms with Crippen LogP contribution in [0.1, 0.15) is 24.4 Å². The van der Waals surface area contributed by atoms with Crippen molar-refractivity contribution in [3.05, 3.63) is 23.7 Å². The van der Waals surface area contributed by atoms with Crippen LogP contribution in [0.4, 0.5) is 0 Å². The van der Waals surface area contributed by atoms with Gasteiger partial charge in [-0.25, -0.2) is 0 Å². The second-order valence-corrected chi connectivity index (χ2v) is 4.84. The van der Waals surface area contributed by atoms with Crippen LogP contribution in [0.3, 0.4) is 0 Å². The van der Waals surface area contributed by atoms with Crippen LogP contribution in [0.15, 0.2) is 16.5 Å². The van der Waals surface area contributed by atoms with E-state index in [0.29, 0.717) is 13.1 Å². The Balaban J connectivity index is 1.70. The summed E-state index contributed by atoms with van der Waals surface area (Å²) in [4.78, 5) is 13.5. The van der Waals surface area contributed by atoms with E-state index in [0.717, 1.165) is 24.0 Å². The summed E-state index contributed by atoms with van der Waals surface area (Å²) in [5.41, 5.74) is 0. The van der Waals surface area contributed by atoms with Crippen molar-refractivity contribution in [1.82, 2.24) is 10.2 Å². The molecule has 4 nitrogen and oxygen atoms in total. The van der Waals surface area contributed by atoms with Gasteiger partial charge in [-0.15, -0.1) is 0 Å². The van der Waals surface area contributed by atoms with E-state index in [2.05, 4.69) is 5.32 Å². The van der Waals surface area contributed by atoms with Gasteiger partial charge >= 0.3 is 0 Å². The minimum atomic E-state index is 0.111. The van der Waals surface area contributed by atoms with Gasteiger partial charge in [-0.1, -0.05) is 0 Å². The van der Waals surface area contributed by atoms with E-state index in [9.17, 15) is 4.79 Å². The van der Waals surface area contributed by atoms with Gasteiger partial charge in [-0.3, -0.25) is 4.79 Å². The van der Waals surface area contributed by atoms with Gasteiger partial charge in [0.1, 0.15) is 11.5 Å². The smallest absolute Gasteiger partial charge is 0.236 e. The molecule has 0 unspecified atom stereocenters. The van der Waals surface area contributed by atoms with Crippen LogP contribution in [0.2, 0.25) is 0 Å². The SMILES string of the molecule is Cc1ccc(CN(C)C(=O)CNCC2CC2)o1. The first kappa shape index (κ1) is 12.2. The molecule has 1 aromatic heterocycles. The molecule has 0 saturated heterocycles. The van der Waals surface area contributed by atoms with Gasteiger partial charge in [0.15, 0.2) is 0 Å². The number of hydrogen-bond acceptors (Lipinski definition) is 3. The van der Waals surface area contributed by atoms with E-state index in [1.807, 2.05) is 19.1 Å². The molecule has 1 aliphatic carbocycles. The molecule has 2 rings (SSSR count). The lowest BCUT2D eigenvalue weighted by Crippen LogP contribution is -2.35. The number of rotatable bonds is 6. The molecule has 0 radical (unpaired) electrons. The largest absolute Gasteiger partial charge is 0.464 e. The first-order valence-corrected chi connectivity index (χ1v) is 6.15. The molecule has 1 fully saturated rings. The summed E-state index contributed by atoms with van der Waals surface area (Å²) in [6.07, 6.45) is 2.62. The fourth-order valence-electron chi connectivity index (χ4n) is 1.73. The highest BCUT2D eigenvalue weighted by molar-refractivity contribution is 5.77. The lowest BCUT2D eigenvalue weighted by atomic mass is 10.4. The lowest BCUT2D eigenvalue weighted by molar-refractivity contribution is -0.129. The summed E-state index contributed by atoms with van der Waals surface area (Å²) in [6.45, 7) is 3.84. The minimum absolute atomic E-state index is 0.111. The second kappa shape index (κ2) is 5.36. The summed E-state index contributed by atoms with van der Waals surface area (Å²) in [6, 6.07) is 3.83. The van der Waals surface area contributed by atoms with Crippen molar-refractivity contribution in [3.8, 4) is 0 Å². The van der Waals surface area contributed by atoms with Crippen LogP contribution in [0.25, 0.3) is 0 Å². The van der Waals surface area contributed by atoms with E-state index in [1.54, 1.807) is 11.9 Å². The predicted molar refractivity (Wildman–Crippen MR) is 65.5 cm³/mol. The number of hydrogen-bond donors (Lipinski definition) is 1. The van der Waals surface area contributed by atoms with E-state index >= 15 is 0 Å². The van der Waals surface area contributed by atoms with Gasteiger partial charge in [-0.2, -0.15) is 0 Å². The molecule has 0 aliphatic heterocycles. The van der Waals surface area contributed by atoms with E-state index in [1.165, 1.54) is 12.8 Å². The predicted octanol–water partition coefficient (Wildman–Crippen LogP) is 1.55. The zero-order chi connectivity index (χ0) is 12.3. The maximum atomic E-state index is 11.8. The van der Waals surface area contributed by atoms with Gasteiger partial charge < -0.3 is 14.6 Å². The zero-order valence-electron chi connectivity index (χ0n) is 10.5. The lowest BCUT2D eigenvalue weighted by Gasteiger charge is -2.16. The van der Waals surface area contributed by atoms with Crippen molar-refractivity contribution >= 4 is 5.91 Å². The van der Waals surface area contributed by atoms with Gasteiger partial charge in [0.2, 0.25) is 5.91 Å². The first-order chi connectivity index (χ1) is 8.15. The molecule has 1 aliphatic rings. The maximum absolute atomic E-state index is 11.8. The Morgan fingerprint density at radius 3 is 2.88 bits per heavy atom. The number of amides is 1. The molecule has 1 N–H and O–H groups in total. The van der Waals surface area contributed by atoms with Crippen LogP contribution in [-0.2, 0) is 11.3 Å². The molecule has 4 heteroatoms. The molecular formula is C13H20N2O2. The monoisotopic (exact) mass is 236 g/mol. The number of aryl methyl sites for hydroxylation is 1. The number of nitrogens with zero attached hydrogens (tertiary/aromatic N) is 1. The van der Waals surface area contributed by atoms with Gasteiger partial charge in [0.25, 0.3) is 0 Å². The molecule has 0 aromatic carbocycles. The number of likely N-dealkylation sites (N-methyl/N-ethyl adjacent to an activating group) is 1. The zero-order valence-corrected chi connectivity index (χ0v) is 10.5. The maximum Gasteiger partial charge on any atom is 0.236 e. The van der Waals surface area contributed by atoms with E-state index in [4.69, 9.17) is 4.42 Å². The molecule has 1 amide bonds. The fraction of sp³-hybridized carbons (Fsp3) is 0.615. The molecule has 0 bridgehead atoms. The van der Waals surface area contributed by atoms with Crippen LogP contribution >= 0.6 is 0 Å². The van der Waals surface area contributed by atoms with Crippen LogP contribution < -0.4 is 5.32 Å². The summed E-state index contributed by atoms with van der Waals surface area (Å²) >= 11 is 0. The molecule has 17 heavy (non-hydrogen) atoms. The fourth-order valence-corrected chi connectivity index (χ4v) is 1.73. The third-order valence-electron chi connectivity index (χ3n) is 3.02. The Kier molecular flexibility index (Phi) is 3.84. The summed E-state index contributed by atoms with van der Waals surface area (Å²) in [5, 5.41) is 3.20. The molecule has 94 valence electrons. The van der Waals surface area contributed by atoms with Crippen LogP contribution in [0.5, 0.6) is 0 Å². The molecule has 1 aromatic rings. The van der Waals surface area contributed by atoms with Crippen molar-refractivity contribution < 1.29 is 9.21 Å². The van der Waals surface area contributed by atoms with Crippen molar-refractivity contribution in [3.63, 3.8) is 0 Å². The summed E-state index contributed by atoms with van der Waals surface area (Å²) in [5.74, 6) is 2.63. The number of carbonyl (C=O) groups is 1. The summed E-state index contributed by atoms with van der Waals surface area (Å²) in [7, 11) is 1.80. The summed E-state index contributed by atoms with van der Waals surface area (Å²) < 4.78 is 5.44. The third-order valence-corrected chi connectivity index (χ3v) is 3.02. The first-order valence-electron chi connectivity index (χ1n) is 6.15. The molecule has 1 heterocycles. The number of nitrogens with one attached hydrogen (secondary N) is 1. The molecule has 0 spiro atoms. The average molecular weight is 236 g/mol. The Labute approximate surface area is 102 Å². The third kappa shape index (κ3) is 3.89. The Morgan fingerprint density at radius 1 is 1.53 bits per heavy atom. The topological polar surface area (TPSA) is 45.5 Å². The highest BCUT2D eigenvalue weighted by Gasteiger charge is 2.21. The molecule has 0 atom stereocenters. The van der Waals surface area contributed by atoms with E-state index < -0.39 is 0 Å². The van der Waals surface area contributed by atoms with Crippen molar-refractivity contribution in [1.29, 1.82) is 0 Å². The normalized spacial score (nSPS) is 14.9. The van der Waals surface area contributed by atoms with Gasteiger partial charge in [0, 0.05) is 7.05 Å². The second-order valence-electron chi connectivity index (χ2n) is 4.84. The van der Waals surface area contributed by atoms with Crippen molar-refractivity contribution in [2.75, 3.05) is 20.1 Å². The van der Waals surface area contributed by atoms with Gasteiger partial charge in [0.05, 0.1) is 13.1 Å². The Hall–Kier alpha value is -1.29. The molecular weight excluding hydrogens is 216 g/mol.